The van der Waals surface area contributed by atoms with Crippen LogP contribution < -0.4 is 10.6 Å². The molecule has 0 radical (unpaired) electrons. The van der Waals surface area contributed by atoms with E-state index in [1.165, 1.54) is 5.56 Å². The predicted molar refractivity (Wildman–Crippen MR) is 75.3 cm³/mol. The number of carboxylic acids is 1. The molecule has 1 amide bonds. The lowest BCUT2D eigenvalue weighted by molar-refractivity contribution is -0.141. The molecule has 0 fully saturated rings. The molecule has 2 rings (SSSR count). The lowest BCUT2D eigenvalue weighted by atomic mass is 9.94. The molecule has 0 aliphatic carbocycles. The first-order chi connectivity index (χ1) is 9.59. The molecule has 0 aromatic heterocycles. The van der Waals surface area contributed by atoms with Crippen molar-refractivity contribution in [2.75, 3.05) is 13.1 Å². The molecular formula is C15H20N2O3. The van der Waals surface area contributed by atoms with Crippen LogP contribution in [0.1, 0.15) is 30.5 Å². The number of benzene rings is 1. The summed E-state index contributed by atoms with van der Waals surface area (Å²) in [5.74, 6) is -1.36. The summed E-state index contributed by atoms with van der Waals surface area (Å²) in [5, 5.41) is 14.8. The van der Waals surface area contributed by atoms with Gasteiger partial charge in [-0.25, -0.2) is 0 Å². The fraction of sp³-hybridized carbons (Fsp3) is 0.467. The summed E-state index contributed by atoms with van der Waals surface area (Å²) in [6.07, 6.45) is 1.37. The van der Waals surface area contributed by atoms with Crippen LogP contribution in [0.25, 0.3) is 0 Å². The lowest BCUT2D eigenvalue weighted by Crippen LogP contribution is -2.42. The molecule has 0 saturated heterocycles. The van der Waals surface area contributed by atoms with E-state index >= 15 is 0 Å². The van der Waals surface area contributed by atoms with Gasteiger partial charge in [-0.05, 0) is 24.0 Å². The van der Waals surface area contributed by atoms with Gasteiger partial charge in [0.25, 0.3) is 0 Å². The van der Waals surface area contributed by atoms with Gasteiger partial charge in [0, 0.05) is 13.1 Å². The van der Waals surface area contributed by atoms with Crippen molar-refractivity contribution in [3.05, 3.63) is 35.4 Å². The maximum Gasteiger partial charge on any atom is 0.306 e. The van der Waals surface area contributed by atoms with Gasteiger partial charge < -0.3 is 15.7 Å². The van der Waals surface area contributed by atoms with Gasteiger partial charge in [-0.15, -0.1) is 0 Å². The second-order valence-corrected chi connectivity index (χ2v) is 5.15. The van der Waals surface area contributed by atoms with Crippen molar-refractivity contribution in [2.45, 2.75) is 25.8 Å². The molecule has 5 nitrogen and oxygen atoms in total. The van der Waals surface area contributed by atoms with Gasteiger partial charge in [-0.1, -0.05) is 31.2 Å². The third-order valence-electron chi connectivity index (χ3n) is 3.67. The van der Waals surface area contributed by atoms with E-state index in [1.807, 2.05) is 24.3 Å². The SMILES string of the molecule is CC(CCNC(=O)C1NCCc2ccccc21)C(=O)O. The molecule has 0 spiro atoms. The Morgan fingerprint density at radius 2 is 2.20 bits per heavy atom. The van der Waals surface area contributed by atoms with Gasteiger partial charge in [0.1, 0.15) is 6.04 Å². The standard InChI is InChI=1S/C15H20N2O3/c1-10(15(19)20)6-8-17-14(18)13-12-5-3-2-4-11(12)7-9-16-13/h2-5,10,13,16H,6-9H2,1H3,(H,17,18)(H,19,20). The zero-order valence-electron chi connectivity index (χ0n) is 11.6. The third kappa shape index (κ3) is 3.36. The van der Waals surface area contributed by atoms with E-state index in [2.05, 4.69) is 10.6 Å². The number of carbonyl (C=O) groups is 2. The Morgan fingerprint density at radius 3 is 2.95 bits per heavy atom. The molecule has 1 aromatic carbocycles. The van der Waals surface area contributed by atoms with Crippen LogP contribution >= 0.6 is 0 Å². The topological polar surface area (TPSA) is 78.4 Å². The molecule has 0 bridgehead atoms. The zero-order valence-corrected chi connectivity index (χ0v) is 11.6. The van der Waals surface area contributed by atoms with E-state index in [-0.39, 0.29) is 11.9 Å². The molecular weight excluding hydrogens is 256 g/mol. The van der Waals surface area contributed by atoms with Crippen molar-refractivity contribution >= 4 is 11.9 Å². The van der Waals surface area contributed by atoms with Crippen molar-refractivity contribution in [1.82, 2.24) is 10.6 Å². The van der Waals surface area contributed by atoms with Gasteiger partial charge in [0.2, 0.25) is 5.91 Å². The Morgan fingerprint density at radius 1 is 1.45 bits per heavy atom. The maximum absolute atomic E-state index is 12.2. The van der Waals surface area contributed by atoms with Crippen LogP contribution in [0, 0.1) is 5.92 Å². The van der Waals surface area contributed by atoms with Crippen molar-refractivity contribution in [3.63, 3.8) is 0 Å². The van der Waals surface area contributed by atoms with Crippen LogP contribution in [0.15, 0.2) is 24.3 Å². The van der Waals surface area contributed by atoms with Gasteiger partial charge >= 0.3 is 5.97 Å². The van der Waals surface area contributed by atoms with Crippen molar-refractivity contribution in [1.29, 1.82) is 0 Å². The van der Waals surface area contributed by atoms with Crippen molar-refractivity contribution in [2.24, 2.45) is 5.92 Å². The second kappa shape index (κ2) is 6.52. The van der Waals surface area contributed by atoms with Crippen molar-refractivity contribution in [3.8, 4) is 0 Å². The summed E-state index contributed by atoms with van der Waals surface area (Å²) >= 11 is 0. The van der Waals surface area contributed by atoms with Gasteiger partial charge in [-0.2, -0.15) is 0 Å². The molecule has 108 valence electrons. The van der Waals surface area contributed by atoms with E-state index in [1.54, 1.807) is 6.92 Å². The summed E-state index contributed by atoms with van der Waals surface area (Å²) in [7, 11) is 0. The predicted octanol–water partition coefficient (Wildman–Crippen LogP) is 1.10. The minimum Gasteiger partial charge on any atom is -0.481 e. The molecule has 1 aliphatic rings. The average Bonchev–Trinajstić information content (AvgIpc) is 2.46. The number of amides is 1. The molecule has 3 N–H and O–H groups in total. The first-order valence-electron chi connectivity index (χ1n) is 6.91. The third-order valence-corrected chi connectivity index (χ3v) is 3.67. The Kier molecular flexibility index (Phi) is 4.74. The highest BCUT2D eigenvalue weighted by molar-refractivity contribution is 5.84. The molecule has 5 heteroatoms. The van der Waals surface area contributed by atoms with Crippen LogP contribution in [0.3, 0.4) is 0 Å². The van der Waals surface area contributed by atoms with E-state index in [9.17, 15) is 9.59 Å². The number of hydrogen-bond donors (Lipinski definition) is 3. The second-order valence-electron chi connectivity index (χ2n) is 5.15. The van der Waals surface area contributed by atoms with Crippen LogP contribution in [0.5, 0.6) is 0 Å². The van der Waals surface area contributed by atoms with E-state index in [0.29, 0.717) is 13.0 Å². The smallest absolute Gasteiger partial charge is 0.306 e. The summed E-state index contributed by atoms with van der Waals surface area (Å²) in [5.41, 5.74) is 2.22. The van der Waals surface area contributed by atoms with E-state index in [0.717, 1.165) is 18.5 Å². The lowest BCUT2D eigenvalue weighted by Gasteiger charge is -2.26. The van der Waals surface area contributed by atoms with E-state index < -0.39 is 11.9 Å². The highest BCUT2D eigenvalue weighted by Crippen LogP contribution is 2.22. The number of fused-ring (bicyclic) bond motifs is 1. The number of carboxylic acid groups (broad SMARTS) is 1. The van der Waals surface area contributed by atoms with Crippen LogP contribution in [0.4, 0.5) is 0 Å². The fourth-order valence-electron chi connectivity index (χ4n) is 2.38. The van der Waals surface area contributed by atoms with E-state index in [4.69, 9.17) is 5.11 Å². The fourth-order valence-corrected chi connectivity index (χ4v) is 2.38. The maximum atomic E-state index is 12.2. The number of aliphatic carboxylic acids is 1. The summed E-state index contributed by atoms with van der Waals surface area (Å²) < 4.78 is 0. The molecule has 0 saturated carbocycles. The van der Waals surface area contributed by atoms with Crippen LogP contribution in [-0.2, 0) is 16.0 Å². The normalized spacial score (nSPS) is 18.9. The van der Waals surface area contributed by atoms with Crippen LogP contribution in [0.2, 0.25) is 0 Å². The van der Waals surface area contributed by atoms with Gasteiger partial charge in [-0.3, -0.25) is 9.59 Å². The molecule has 1 heterocycles. The number of hydrogen-bond acceptors (Lipinski definition) is 3. The Balaban J connectivity index is 1.92. The number of carbonyl (C=O) groups excluding carboxylic acids is 1. The minimum atomic E-state index is -0.833. The molecule has 1 aliphatic heterocycles. The number of rotatable bonds is 5. The van der Waals surface area contributed by atoms with Gasteiger partial charge in [0.05, 0.1) is 5.92 Å². The summed E-state index contributed by atoms with van der Waals surface area (Å²) in [6.45, 7) is 2.80. The average molecular weight is 276 g/mol. The first-order valence-corrected chi connectivity index (χ1v) is 6.91. The number of nitrogens with one attached hydrogen (secondary N) is 2. The van der Waals surface area contributed by atoms with Crippen LogP contribution in [-0.4, -0.2) is 30.1 Å². The van der Waals surface area contributed by atoms with Gasteiger partial charge in [0.15, 0.2) is 0 Å². The minimum absolute atomic E-state index is 0.0882. The summed E-state index contributed by atoms with van der Waals surface area (Å²) in [6, 6.07) is 7.58. The molecule has 2 unspecified atom stereocenters. The Labute approximate surface area is 118 Å². The molecule has 2 atom stereocenters. The summed E-state index contributed by atoms with van der Waals surface area (Å²) in [4.78, 5) is 22.9. The van der Waals surface area contributed by atoms with Crippen molar-refractivity contribution < 1.29 is 14.7 Å². The quantitative estimate of drug-likeness (QED) is 0.752. The zero-order chi connectivity index (χ0) is 14.5. The first kappa shape index (κ1) is 14.5. The Bertz CT molecular complexity index is 502. The largest absolute Gasteiger partial charge is 0.481 e. The molecule has 20 heavy (non-hydrogen) atoms. The monoisotopic (exact) mass is 276 g/mol. The molecule has 1 aromatic rings. The Hall–Kier alpha value is -1.88. The highest BCUT2D eigenvalue weighted by Gasteiger charge is 2.25. The highest BCUT2D eigenvalue weighted by atomic mass is 16.4.